The maximum atomic E-state index is 13.2. The van der Waals surface area contributed by atoms with E-state index in [1.54, 1.807) is 18.2 Å². The summed E-state index contributed by atoms with van der Waals surface area (Å²) in [7, 11) is 0. The molecule has 164 valence electrons. The Morgan fingerprint density at radius 3 is 2.35 bits per heavy atom. The van der Waals surface area contributed by atoms with E-state index in [2.05, 4.69) is 5.32 Å². The number of unbranched alkanes of at least 4 members (excludes halogenated alkanes) is 2. The molecule has 0 bridgehead atoms. The molecule has 0 aliphatic rings. The number of nitrogens with one attached hydrogen (secondary N) is 1. The third-order valence-corrected chi connectivity index (χ3v) is 4.93. The summed E-state index contributed by atoms with van der Waals surface area (Å²) in [6.45, 7) is 1.67. The van der Waals surface area contributed by atoms with Gasteiger partial charge in [-0.1, -0.05) is 44.0 Å². The van der Waals surface area contributed by atoms with Gasteiger partial charge in [-0.2, -0.15) is 13.2 Å². The van der Waals surface area contributed by atoms with Gasteiger partial charge in [0, 0.05) is 6.54 Å². The Labute approximate surface area is 175 Å². The Bertz CT molecular complexity index is 1210. The molecule has 0 saturated heterocycles. The molecule has 1 N–H and O–H groups in total. The van der Waals surface area contributed by atoms with Crippen molar-refractivity contribution in [3.05, 3.63) is 74.9 Å². The van der Waals surface area contributed by atoms with Gasteiger partial charge in [-0.15, -0.1) is 0 Å². The molecule has 0 aliphatic carbocycles. The minimum Gasteiger partial charge on any atom is -0.324 e. The van der Waals surface area contributed by atoms with Gasteiger partial charge in [0.05, 0.1) is 22.2 Å². The van der Waals surface area contributed by atoms with E-state index >= 15 is 0 Å². The van der Waals surface area contributed by atoms with Crippen LogP contribution < -0.4 is 16.6 Å². The van der Waals surface area contributed by atoms with Crippen LogP contribution in [0.4, 0.5) is 18.9 Å². The summed E-state index contributed by atoms with van der Waals surface area (Å²) in [5.74, 6) is -0.803. The van der Waals surface area contributed by atoms with Crippen molar-refractivity contribution >= 4 is 22.5 Å². The van der Waals surface area contributed by atoms with Crippen LogP contribution in [-0.4, -0.2) is 15.0 Å². The number of hydrogen-bond acceptors (Lipinski definition) is 3. The fourth-order valence-electron chi connectivity index (χ4n) is 3.41. The largest absolute Gasteiger partial charge is 0.418 e. The molecule has 0 saturated carbocycles. The predicted octanol–water partition coefficient (Wildman–Crippen LogP) is 4.01. The minimum absolute atomic E-state index is 0.203. The first-order chi connectivity index (χ1) is 14.7. The lowest BCUT2D eigenvalue weighted by atomic mass is 10.1. The number of rotatable bonds is 7. The van der Waals surface area contributed by atoms with Crippen LogP contribution in [0.1, 0.15) is 31.7 Å². The van der Waals surface area contributed by atoms with Gasteiger partial charge >= 0.3 is 11.9 Å². The number of anilines is 1. The van der Waals surface area contributed by atoms with E-state index in [1.165, 1.54) is 18.2 Å². The maximum Gasteiger partial charge on any atom is 0.418 e. The highest BCUT2D eigenvalue weighted by Crippen LogP contribution is 2.34. The first kappa shape index (κ1) is 22.3. The van der Waals surface area contributed by atoms with Crippen LogP contribution >= 0.6 is 0 Å². The molecular formula is C22H22F3N3O3. The van der Waals surface area contributed by atoms with Crippen LogP contribution in [0, 0.1) is 0 Å². The zero-order chi connectivity index (χ0) is 22.6. The number of nitrogens with zero attached hydrogens (tertiary/aromatic N) is 2. The lowest BCUT2D eigenvalue weighted by Crippen LogP contribution is -2.41. The summed E-state index contributed by atoms with van der Waals surface area (Å²) < 4.78 is 41.8. The van der Waals surface area contributed by atoms with Crippen molar-refractivity contribution in [1.82, 2.24) is 9.13 Å². The van der Waals surface area contributed by atoms with Gasteiger partial charge in [-0.05, 0) is 30.7 Å². The number of aromatic nitrogens is 2. The second kappa shape index (κ2) is 9.20. The molecule has 1 aromatic heterocycles. The monoisotopic (exact) mass is 433 g/mol. The van der Waals surface area contributed by atoms with Crippen molar-refractivity contribution < 1.29 is 18.0 Å². The van der Waals surface area contributed by atoms with Crippen LogP contribution in [0.15, 0.2) is 58.1 Å². The van der Waals surface area contributed by atoms with Crippen LogP contribution in [0.5, 0.6) is 0 Å². The lowest BCUT2D eigenvalue weighted by molar-refractivity contribution is -0.137. The van der Waals surface area contributed by atoms with E-state index in [0.717, 1.165) is 34.1 Å². The molecule has 31 heavy (non-hydrogen) atoms. The molecule has 0 unspecified atom stereocenters. The first-order valence-electron chi connectivity index (χ1n) is 9.92. The third kappa shape index (κ3) is 4.87. The highest BCUT2D eigenvalue weighted by Gasteiger charge is 2.33. The van der Waals surface area contributed by atoms with E-state index in [4.69, 9.17) is 0 Å². The molecule has 3 aromatic rings. The van der Waals surface area contributed by atoms with Crippen LogP contribution in [0.3, 0.4) is 0 Å². The first-order valence-corrected chi connectivity index (χ1v) is 9.92. The average molecular weight is 433 g/mol. The van der Waals surface area contributed by atoms with E-state index < -0.39 is 41.1 Å². The summed E-state index contributed by atoms with van der Waals surface area (Å²) in [6.07, 6.45) is -2.29. The van der Waals surface area contributed by atoms with Gasteiger partial charge in [-0.25, -0.2) is 4.79 Å². The van der Waals surface area contributed by atoms with Crippen molar-refractivity contribution in [2.45, 2.75) is 45.5 Å². The lowest BCUT2D eigenvalue weighted by Gasteiger charge is -2.16. The number of alkyl halides is 3. The van der Waals surface area contributed by atoms with Crippen LogP contribution in [0.2, 0.25) is 0 Å². The quantitative estimate of drug-likeness (QED) is 0.573. The summed E-state index contributed by atoms with van der Waals surface area (Å²) in [4.78, 5) is 38.3. The van der Waals surface area contributed by atoms with E-state index in [1.807, 2.05) is 6.92 Å². The molecule has 0 spiro atoms. The zero-order valence-corrected chi connectivity index (χ0v) is 16.9. The number of carbonyl (C=O) groups excluding carboxylic acids is 1. The van der Waals surface area contributed by atoms with Crippen LogP contribution in [-0.2, 0) is 24.1 Å². The summed E-state index contributed by atoms with van der Waals surface area (Å²) in [5.41, 5.74) is -2.24. The number of para-hydroxylation sites is 2. The molecule has 3 rings (SSSR count). The van der Waals surface area contributed by atoms with E-state index in [9.17, 15) is 27.6 Å². The summed E-state index contributed by atoms with van der Waals surface area (Å²) in [5, 5.41) is 2.50. The minimum atomic E-state index is -4.64. The highest BCUT2D eigenvalue weighted by molar-refractivity contribution is 5.92. The number of halogens is 3. The smallest absolute Gasteiger partial charge is 0.324 e. The Morgan fingerprint density at radius 1 is 0.968 bits per heavy atom. The molecule has 9 heteroatoms. The van der Waals surface area contributed by atoms with E-state index in [0.29, 0.717) is 6.42 Å². The second-order valence-electron chi connectivity index (χ2n) is 7.14. The topological polar surface area (TPSA) is 73.1 Å². The number of carbonyl (C=O) groups is 1. The molecular weight excluding hydrogens is 411 g/mol. The van der Waals surface area contributed by atoms with E-state index in [-0.39, 0.29) is 17.4 Å². The van der Waals surface area contributed by atoms with Crippen molar-refractivity contribution in [2.24, 2.45) is 0 Å². The Balaban J connectivity index is 1.99. The van der Waals surface area contributed by atoms with Crippen molar-refractivity contribution in [3.8, 4) is 0 Å². The summed E-state index contributed by atoms with van der Waals surface area (Å²) >= 11 is 0. The maximum absolute atomic E-state index is 13.2. The SMILES string of the molecule is CCCCCn1c(=O)c2ccccc2n(CC(=O)Nc2ccccc2C(F)(F)F)c1=O. The number of fused-ring (bicyclic) bond motifs is 1. The molecule has 1 amide bonds. The second-order valence-corrected chi connectivity index (χ2v) is 7.14. The van der Waals surface area contributed by atoms with Crippen LogP contribution in [0.25, 0.3) is 10.9 Å². The standard InChI is InChI=1S/C22H22F3N3O3/c1-2-3-8-13-27-20(30)15-9-4-7-12-18(15)28(21(27)31)14-19(29)26-17-11-6-5-10-16(17)22(23,24)25/h4-7,9-12H,2-3,8,13-14H2,1H3,(H,26,29). The molecule has 0 radical (unpaired) electrons. The third-order valence-electron chi connectivity index (χ3n) is 4.93. The molecule has 1 heterocycles. The van der Waals surface area contributed by atoms with Gasteiger partial charge in [0.25, 0.3) is 5.56 Å². The van der Waals surface area contributed by atoms with Crippen molar-refractivity contribution in [2.75, 3.05) is 5.32 Å². The van der Waals surface area contributed by atoms with Gasteiger partial charge in [0.1, 0.15) is 6.54 Å². The average Bonchev–Trinajstić information content (AvgIpc) is 2.73. The van der Waals surface area contributed by atoms with Crippen molar-refractivity contribution in [1.29, 1.82) is 0 Å². The Kier molecular flexibility index (Phi) is 6.62. The zero-order valence-electron chi connectivity index (χ0n) is 16.9. The summed E-state index contributed by atoms with van der Waals surface area (Å²) in [6, 6.07) is 11.0. The number of amides is 1. The molecule has 2 aromatic carbocycles. The Hall–Kier alpha value is -3.36. The normalized spacial score (nSPS) is 11.6. The Morgan fingerprint density at radius 2 is 1.65 bits per heavy atom. The number of hydrogen-bond donors (Lipinski definition) is 1. The van der Waals surface area contributed by atoms with Gasteiger partial charge in [0.2, 0.25) is 5.91 Å². The van der Waals surface area contributed by atoms with Gasteiger partial charge < -0.3 is 5.32 Å². The predicted molar refractivity (Wildman–Crippen MR) is 112 cm³/mol. The number of benzene rings is 2. The molecule has 0 atom stereocenters. The van der Waals surface area contributed by atoms with Gasteiger partial charge in [0.15, 0.2) is 0 Å². The van der Waals surface area contributed by atoms with Gasteiger partial charge in [-0.3, -0.25) is 18.7 Å². The fraction of sp³-hybridized carbons (Fsp3) is 0.318. The molecule has 6 nitrogen and oxygen atoms in total. The highest BCUT2D eigenvalue weighted by atomic mass is 19.4. The molecule has 0 aliphatic heterocycles. The molecule has 0 fully saturated rings. The fourth-order valence-corrected chi connectivity index (χ4v) is 3.41. The van der Waals surface area contributed by atoms with Crippen molar-refractivity contribution in [3.63, 3.8) is 0 Å².